The largest absolute Gasteiger partial charge is 0.453 e. The van der Waals surface area contributed by atoms with E-state index in [0.717, 1.165) is 38.8 Å². The molecule has 1 unspecified atom stereocenters. The summed E-state index contributed by atoms with van der Waals surface area (Å²) >= 11 is 0. The van der Waals surface area contributed by atoms with E-state index in [2.05, 4.69) is 0 Å². The fourth-order valence-electron chi connectivity index (χ4n) is 1.94. The number of aliphatic hydroxyl groups is 1. The number of methoxy groups -OCH3 is 1. The van der Waals surface area contributed by atoms with Gasteiger partial charge in [-0.05, 0) is 25.2 Å². The van der Waals surface area contributed by atoms with Crippen LogP contribution in [0, 0.1) is 5.92 Å². The number of rotatable bonds is 2. The molecule has 82 valence electrons. The van der Waals surface area contributed by atoms with E-state index in [4.69, 9.17) is 9.84 Å². The van der Waals surface area contributed by atoms with Gasteiger partial charge in [0.05, 0.1) is 7.11 Å². The first-order valence-electron chi connectivity index (χ1n) is 5.21. The Balaban J connectivity index is 2.46. The van der Waals surface area contributed by atoms with Crippen molar-refractivity contribution in [2.24, 2.45) is 5.92 Å². The topological polar surface area (TPSA) is 49.8 Å². The molecule has 1 aliphatic heterocycles. The second kappa shape index (κ2) is 5.86. The summed E-state index contributed by atoms with van der Waals surface area (Å²) in [5.74, 6) is 0.432. The first kappa shape index (κ1) is 11.3. The van der Waals surface area contributed by atoms with E-state index in [1.54, 1.807) is 4.90 Å². The molecule has 0 spiro atoms. The molecule has 1 rings (SSSR count). The van der Waals surface area contributed by atoms with Crippen LogP contribution in [-0.4, -0.2) is 42.9 Å². The highest BCUT2D eigenvalue weighted by molar-refractivity contribution is 5.67. The minimum absolute atomic E-state index is 0.208. The van der Waals surface area contributed by atoms with Crippen molar-refractivity contribution in [3.8, 4) is 0 Å². The van der Waals surface area contributed by atoms with E-state index in [1.807, 2.05) is 0 Å². The average molecular weight is 201 g/mol. The zero-order chi connectivity index (χ0) is 10.4. The van der Waals surface area contributed by atoms with Gasteiger partial charge < -0.3 is 14.7 Å². The molecule has 0 radical (unpaired) electrons. The van der Waals surface area contributed by atoms with Gasteiger partial charge in [-0.25, -0.2) is 4.79 Å². The second-order valence-electron chi connectivity index (χ2n) is 3.79. The molecule has 4 heteroatoms. The van der Waals surface area contributed by atoms with Crippen LogP contribution in [0.15, 0.2) is 0 Å². The quantitative estimate of drug-likeness (QED) is 0.731. The number of carbonyl (C=O) groups excluding carboxylic acids is 1. The summed E-state index contributed by atoms with van der Waals surface area (Å²) in [6.07, 6.45) is 3.83. The highest BCUT2D eigenvalue weighted by Gasteiger charge is 2.21. The van der Waals surface area contributed by atoms with E-state index in [-0.39, 0.29) is 12.7 Å². The van der Waals surface area contributed by atoms with Crippen molar-refractivity contribution in [3.63, 3.8) is 0 Å². The Labute approximate surface area is 84.8 Å². The molecule has 0 bridgehead atoms. The van der Waals surface area contributed by atoms with Crippen molar-refractivity contribution in [1.29, 1.82) is 0 Å². The van der Waals surface area contributed by atoms with Crippen LogP contribution in [0.4, 0.5) is 4.79 Å². The Morgan fingerprint density at radius 3 is 3.00 bits per heavy atom. The lowest BCUT2D eigenvalue weighted by Crippen LogP contribution is -2.34. The molecule has 14 heavy (non-hydrogen) atoms. The molecule has 0 aromatic heterocycles. The monoisotopic (exact) mass is 201 g/mol. The van der Waals surface area contributed by atoms with Gasteiger partial charge in [-0.1, -0.05) is 6.42 Å². The number of amides is 1. The van der Waals surface area contributed by atoms with Crippen molar-refractivity contribution >= 4 is 6.09 Å². The van der Waals surface area contributed by atoms with Crippen molar-refractivity contribution in [2.75, 3.05) is 26.8 Å². The van der Waals surface area contributed by atoms with Crippen LogP contribution in [-0.2, 0) is 4.74 Å². The Morgan fingerprint density at radius 1 is 1.57 bits per heavy atom. The van der Waals surface area contributed by atoms with Crippen LogP contribution in [0.3, 0.4) is 0 Å². The zero-order valence-electron chi connectivity index (χ0n) is 8.74. The number of hydrogen-bond donors (Lipinski definition) is 1. The molecule has 1 saturated heterocycles. The lowest BCUT2D eigenvalue weighted by atomic mass is 10.0. The Morgan fingerprint density at radius 2 is 2.36 bits per heavy atom. The second-order valence-corrected chi connectivity index (χ2v) is 3.79. The average Bonchev–Trinajstić information content (AvgIpc) is 2.43. The highest BCUT2D eigenvalue weighted by Crippen LogP contribution is 2.19. The van der Waals surface area contributed by atoms with Crippen LogP contribution >= 0.6 is 0 Å². The van der Waals surface area contributed by atoms with E-state index >= 15 is 0 Å². The highest BCUT2D eigenvalue weighted by atomic mass is 16.5. The fraction of sp³-hybridized carbons (Fsp3) is 0.900. The van der Waals surface area contributed by atoms with E-state index in [0.29, 0.717) is 5.92 Å². The SMILES string of the molecule is COC(=O)N1CCCCC(CCO)C1. The summed E-state index contributed by atoms with van der Waals surface area (Å²) in [6, 6.07) is 0. The zero-order valence-corrected chi connectivity index (χ0v) is 8.74. The van der Waals surface area contributed by atoms with Crippen LogP contribution in [0.25, 0.3) is 0 Å². The number of carbonyl (C=O) groups is 1. The smallest absolute Gasteiger partial charge is 0.409 e. The van der Waals surface area contributed by atoms with Gasteiger partial charge in [-0.15, -0.1) is 0 Å². The minimum Gasteiger partial charge on any atom is -0.453 e. The molecule has 1 heterocycles. The van der Waals surface area contributed by atoms with Crippen molar-refractivity contribution in [2.45, 2.75) is 25.7 Å². The third-order valence-electron chi connectivity index (χ3n) is 2.74. The van der Waals surface area contributed by atoms with Gasteiger partial charge in [-0.3, -0.25) is 0 Å². The lowest BCUT2D eigenvalue weighted by Gasteiger charge is -2.22. The van der Waals surface area contributed by atoms with Crippen LogP contribution in [0.5, 0.6) is 0 Å². The number of likely N-dealkylation sites (tertiary alicyclic amines) is 1. The maximum absolute atomic E-state index is 11.3. The summed E-state index contributed by atoms with van der Waals surface area (Å²) in [5.41, 5.74) is 0. The molecule has 1 atom stereocenters. The Hall–Kier alpha value is -0.770. The van der Waals surface area contributed by atoms with Gasteiger partial charge in [0.15, 0.2) is 0 Å². The number of hydrogen-bond acceptors (Lipinski definition) is 3. The summed E-state index contributed by atoms with van der Waals surface area (Å²) in [7, 11) is 1.41. The van der Waals surface area contributed by atoms with E-state index < -0.39 is 0 Å². The fourth-order valence-corrected chi connectivity index (χ4v) is 1.94. The standard InChI is InChI=1S/C10H19NO3/c1-14-10(13)11-6-3-2-4-9(8-11)5-7-12/h9,12H,2-8H2,1H3. The molecule has 1 fully saturated rings. The number of nitrogens with zero attached hydrogens (tertiary/aromatic N) is 1. The molecular formula is C10H19NO3. The van der Waals surface area contributed by atoms with E-state index in [1.165, 1.54) is 7.11 Å². The third kappa shape index (κ3) is 3.18. The molecule has 1 N–H and O–H groups in total. The van der Waals surface area contributed by atoms with E-state index in [9.17, 15) is 4.79 Å². The Bertz CT molecular complexity index is 184. The van der Waals surface area contributed by atoms with Crippen LogP contribution in [0.1, 0.15) is 25.7 Å². The Kier molecular flexibility index (Phi) is 4.73. The first-order chi connectivity index (χ1) is 6.77. The first-order valence-corrected chi connectivity index (χ1v) is 5.21. The normalized spacial score (nSPS) is 23.0. The summed E-state index contributed by atoms with van der Waals surface area (Å²) in [5, 5.41) is 8.86. The molecule has 1 amide bonds. The predicted octanol–water partition coefficient (Wildman–Crippen LogP) is 1.24. The molecule has 4 nitrogen and oxygen atoms in total. The molecular weight excluding hydrogens is 182 g/mol. The van der Waals surface area contributed by atoms with Gasteiger partial charge in [-0.2, -0.15) is 0 Å². The molecule has 0 saturated carbocycles. The summed E-state index contributed by atoms with van der Waals surface area (Å²) < 4.78 is 4.70. The molecule has 0 aromatic carbocycles. The lowest BCUT2D eigenvalue weighted by molar-refractivity contribution is 0.116. The molecule has 0 aromatic rings. The molecule has 0 aliphatic carbocycles. The molecule has 1 aliphatic rings. The maximum atomic E-state index is 11.3. The third-order valence-corrected chi connectivity index (χ3v) is 2.74. The summed E-state index contributed by atoms with van der Waals surface area (Å²) in [6.45, 7) is 1.72. The number of aliphatic hydroxyl groups excluding tert-OH is 1. The van der Waals surface area contributed by atoms with Crippen molar-refractivity contribution in [1.82, 2.24) is 4.90 Å². The van der Waals surface area contributed by atoms with Crippen molar-refractivity contribution < 1.29 is 14.6 Å². The maximum Gasteiger partial charge on any atom is 0.409 e. The van der Waals surface area contributed by atoms with Crippen molar-refractivity contribution in [3.05, 3.63) is 0 Å². The van der Waals surface area contributed by atoms with Gasteiger partial charge in [0.2, 0.25) is 0 Å². The van der Waals surface area contributed by atoms with Gasteiger partial charge in [0.25, 0.3) is 0 Å². The minimum atomic E-state index is -0.241. The predicted molar refractivity (Wildman–Crippen MR) is 53.0 cm³/mol. The van der Waals surface area contributed by atoms with Crippen LogP contribution in [0.2, 0.25) is 0 Å². The number of ether oxygens (including phenoxy) is 1. The van der Waals surface area contributed by atoms with Gasteiger partial charge in [0, 0.05) is 19.7 Å². The van der Waals surface area contributed by atoms with Gasteiger partial charge in [0.1, 0.15) is 0 Å². The van der Waals surface area contributed by atoms with Crippen LogP contribution < -0.4 is 0 Å². The summed E-state index contributed by atoms with van der Waals surface area (Å²) in [4.78, 5) is 13.1. The van der Waals surface area contributed by atoms with Gasteiger partial charge >= 0.3 is 6.09 Å².